The quantitative estimate of drug-likeness (QED) is 0.862. The number of anilines is 1. The molecular weight excluding hydrogens is 292 g/mol. The second-order valence-electron chi connectivity index (χ2n) is 5.09. The molecule has 0 radical (unpaired) electrons. The van der Waals surface area contributed by atoms with E-state index >= 15 is 0 Å². The molecule has 0 spiro atoms. The normalized spacial score (nSPS) is 15.3. The van der Waals surface area contributed by atoms with Crippen LogP contribution in [0.2, 0.25) is 0 Å². The molecule has 1 fully saturated rings. The van der Waals surface area contributed by atoms with Crippen molar-refractivity contribution in [2.24, 2.45) is 0 Å². The average molecular weight is 310 g/mol. The van der Waals surface area contributed by atoms with Crippen LogP contribution in [0, 0.1) is 0 Å². The van der Waals surface area contributed by atoms with E-state index < -0.39 is 9.84 Å². The smallest absolute Gasteiger partial charge is 0.251 e. The van der Waals surface area contributed by atoms with Gasteiger partial charge in [0.05, 0.1) is 5.75 Å². The molecule has 1 heterocycles. The molecule has 0 unspecified atom stereocenters. The van der Waals surface area contributed by atoms with Gasteiger partial charge in [0.2, 0.25) is 5.91 Å². The molecule has 1 aromatic carbocycles. The molecule has 2 amide bonds. The number of sulfone groups is 1. The Balaban J connectivity index is 2.03. The van der Waals surface area contributed by atoms with Crippen LogP contribution >= 0.6 is 0 Å². The fourth-order valence-electron chi connectivity index (χ4n) is 2.19. The minimum absolute atomic E-state index is 0.0598. The molecular formula is C14H18N2O4S. The van der Waals surface area contributed by atoms with E-state index in [1.54, 1.807) is 29.2 Å². The highest BCUT2D eigenvalue weighted by molar-refractivity contribution is 7.90. The molecule has 0 bridgehead atoms. The monoisotopic (exact) mass is 310 g/mol. The summed E-state index contributed by atoms with van der Waals surface area (Å²) in [7, 11) is -3.10. The maximum atomic E-state index is 12.0. The minimum atomic E-state index is -3.10. The maximum Gasteiger partial charge on any atom is 0.251 e. The number of nitrogens with zero attached hydrogens (tertiary/aromatic N) is 1. The summed E-state index contributed by atoms with van der Waals surface area (Å²) in [6.45, 7) is 0.739. The van der Waals surface area contributed by atoms with Gasteiger partial charge in [-0.25, -0.2) is 8.42 Å². The van der Waals surface area contributed by atoms with Crippen molar-refractivity contribution in [3.63, 3.8) is 0 Å². The van der Waals surface area contributed by atoms with Crippen LogP contribution in [0.25, 0.3) is 0 Å². The van der Waals surface area contributed by atoms with Gasteiger partial charge in [-0.2, -0.15) is 0 Å². The fraction of sp³-hybridized carbons (Fsp3) is 0.429. The molecule has 1 N–H and O–H groups in total. The molecule has 0 aromatic heterocycles. The van der Waals surface area contributed by atoms with Crippen LogP contribution in [0.1, 0.15) is 23.2 Å². The summed E-state index contributed by atoms with van der Waals surface area (Å²) in [6, 6.07) is 6.79. The molecule has 7 heteroatoms. The summed E-state index contributed by atoms with van der Waals surface area (Å²) >= 11 is 0. The zero-order chi connectivity index (χ0) is 15.5. The topological polar surface area (TPSA) is 83.6 Å². The maximum absolute atomic E-state index is 12.0. The number of carbonyl (C=O) groups is 2. The molecule has 6 nitrogen and oxygen atoms in total. The highest BCUT2D eigenvalue weighted by Crippen LogP contribution is 2.22. The molecule has 21 heavy (non-hydrogen) atoms. The lowest BCUT2D eigenvalue weighted by Gasteiger charge is -2.16. The number of amides is 2. The lowest BCUT2D eigenvalue weighted by molar-refractivity contribution is -0.117. The van der Waals surface area contributed by atoms with Crippen molar-refractivity contribution in [1.29, 1.82) is 0 Å². The molecule has 1 aromatic rings. The Hall–Kier alpha value is -1.89. The van der Waals surface area contributed by atoms with Gasteiger partial charge in [-0.1, -0.05) is 6.07 Å². The highest BCUT2D eigenvalue weighted by atomic mass is 32.2. The number of rotatable bonds is 5. The van der Waals surface area contributed by atoms with Gasteiger partial charge in [0.25, 0.3) is 5.91 Å². The summed E-state index contributed by atoms with van der Waals surface area (Å²) in [6.07, 6.45) is 2.48. The van der Waals surface area contributed by atoms with Gasteiger partial charge >= 0.3 is 0 Å². The van der Waals surface area contributed by atoms with Crippen molar-refractivity contribution < 1.29 is 18.0 Å². The van der Waals surface area contributed by atoms with E-state index in [1.165, 1.54) is 0 Å². The second kappa shape index (κ2) is 6.26. The van der Waals surface area contributed by atoms with Crippen LogP contribution in [0.5, 0.6) is 0 Å². The number of carbonyl (C=O) groups excluding carboxylic acids is 2. The highest BCUT2D eigenvalue weighted by Gasteiger charge is 2.22. The van der Waals surface area contributed by atoms with Gasteiger partial charge in [0.15, 0.2) is 0 Å². The third-order valence-corrected chi connectivity index (χ3v) is 4.20. The molecule has 2 rings (SSSR count). The number of hydrogen-bond acceptors (Lipinski definition) is 4. The van der Waals surface area contributed by atoms with E-state index in [9.17, 15) is 18.0 Å². The lowest BCUT2D eigenvalue weighted by Crippen LogP contribution is -2.29. The summed E-state index contributed by atoms with van der Waals surface area (Å²) in [5.74, 6) is -0.375. The molecule has 1 aliphatic rings. The Bertz CT molecular complexity index is 655. The predicted octanol–water partition coefficient (Wildman–Crippen LogP) is 0.588. The molecule has 0 saturated carbocycles. The summed E-state index contributed by atoms with van der Waals surface area (Å²) in [5.41, 5.74) is 1.12. The van der Waals surface area contributed by atoms with Crippen molar-refractivity contribution in [3.05, 3.63) is 29.8 Å². The number of nitrogens with one attached hydrogen (secondary N) is 1. The first-order chi connectivity index (χ1) is 9.87. The number of benzene rings is 1. The van der Waals surface area contributed by atoms with Gasteiger partial charge in [-0.05, 0) is 24.6 Å². The first kappa shape index (κ1) is 15.5. The van der Waals surface area contributed by atoms with Crippen LogP contribution in [0.3, 0.4) is 0 Å². The Labute approximate surface area is 124 Å². The second-order valence-corrected chi connectivity index (χ2v) is 7.34. The first-order valence-electron chi connectivity index (χ1n) is 6.73. The Morgan fingerprint density at radius 3 is 2.76 bits per heavy atom. The third-order valence-electron chi connectivity index (χ3n) is 3.25. The van der Waals surface area contributed by atoms with E-state index in [0.717, 1.165) is 12.7 Å². The van der Waals surface area contributed by atoms with Gasteiger partial charge < -0.3 is 10.2 Å². The Kier molecular flexibility index (Phi) is 4.62. The average Bonchev–Trinajstić information content (AvgIpc) is 2.83. The number of hydrogen-bond donors (Lipinski definition) is 1. The largest absolute Gasteiger partial charge is 0.351 e. The molecule has 114 valence electrons. The molecule has 1 saturated heterocycles. The van der Waals surface area contributed by atoms with Crippen LogP contribution in [-0.4, -0.2) is 45.3 Å². The summed E-state index contributed by atoms with van der Waals surface area (Å²) in [4.78, 5) is 25.3. The Morgan fingerprint density at radius 2 is 2.14 bits per heavy atom. The van der Waals surface area contributed by atoms with Crippen molar-refractivity contribution in [2.45, 2.75) is 12.8 Å². The van der Waals surface area contributed by atoms with E-state index in [4.69, 9.17) is 0 Å². The van der Waals surface area contributed by atoms with Crippen LogP contribution in [0.15, 0.2) is 24.3 Å². The standard InChI is InChI=1S/C14H18N2O4S/c1-21(19,20)9-7-15-14(18)11-4-2-5-12(10-11)16-8-3-6-13(16)17/h2,4-5,10H,3,6-9H2,1H3,(H,15,18). The van der Waals surface area contributed by atoms with E-state index in [-0.39, 0.29) is 24.1 Å². The van der Waals surface area contributed by atoms with Crippen molar-refractivity contribution >= 4 is 27.3 Å². The third kappa shape index (κ3) is 4.29. The van der Waals surface area contributed by atoms with Crippen molar-refractivity contribution in [1.82, 2.24) is 5.32 Å². The molecule has 0 aliphatic carbocycles. The summed E-state index contributed by atoms with van der Waals surface area (Å²) in [5, 5.41) is 2.56. The fourth-order valence-corrected chi connectivity index (χ4v) is 2.66. The van der Waals surface area contributed by atoms with Gasteiger partial charge in [0.1, 0.15) is 9.84 Å². The SMILES string of the molecule is CS(=O)(=O)CCNC(=O)c1cccc(N2CCCC2=O)c1. The molecule has 0 atom stereocenters. The Morgan fingerprint density at radius 1 is 1.38 bits per heavy atom. The summed E-state index contributed by atoms with van der Waals surface area (Å²) < 4.78 is 22.0. The van der Waals surface area contributed by atoms with Crippen LogP contribution in [-0.2, 0) is 14.6 Å². The van der Waals surface area contributed by atoms with Crippen molar-refractivity contribution in [2.75, 3.05) is 30.0 Å². The first-order valence-corrected chi connectivity index (χ1v) is 8.79. The van der Waals surface area contributed by atoms with E-state index in [2.05, 4.69) is 5.32 Å². The lowest BCUT2D eigenvalue weighted by atomic mass is 10.1. The zero-order valence-electron chi connectivity index (χ0n) is 11.8. The van der Waals surface area contributed by atoms with Gasteiger partial charge in [-0.3, -0.25) is 9.59 Å². The zero-order valence-corrected chi connectivity index (χ0v) is 12.6. The van der Waals surface area contributed by atoms with E-state index in [1.807, 2.05) is 0 Å². The molecule has 1 aliphatic heterocycles. The van der Waals surface area contributed by atoms with Crippen LogP contribution < -0.4 is 10.2 Å². The predicted molar refractivity (Wildman–Crippen MR) is 80.1 cm³/mol. The minimum Gasteiger partial charge on any atom is -0.351 e. The van der Waals surface area contributed by atoms with Gasteiger partial charge in [-0.15, -0.1) is 0 Å². The van der Waals surface area contributed by atoms with Crippen molar-refractivity contribution in [3.8, 4) is 0 Å². The van der Waals surface area contributed by atoms with E-state index in [0.29, 0.717) is 24.2 Å². The van der Waals surface area contributed by atoms with Crippen LogP contribution in [0.4, 0.5) is 5.69 Å². The van der Waals surface area contributed by atoms with Gasteiger partial charge in [0, 0.05) is 37.0 Å².